The van der Waals surface area contributed by atoms with Gasteiger partial charge in [0, 0.05) is 34.8 Å². The van der Waals surface area contributed by atoms with Crippen molar-refractivity contribution in [2.75, 3.05) is 13.1 Å². The van der Waals surface area contributed by atoms with Crippen LogP contribution in [0, 0.1) is 5.92 Å². The largest absolute Gasteiger partial charge is 0.444 e. The van der Waals surface area contributed by atoms with Gasteiger partial charge < -0.3 is 14.6 Å². The standard InChI is InChI=1S/C20H23BrN4O3/c1-20(2,3)28-19(26)24-7-6-12(10-24)8-17-22-15-11-25(27)16-9-13(21)4-5-14(16)18(15)23-17/h4-5,9,11-12,27H,6-8,10H2,1-3H3/p+1. The second-order valence-corrected chi connectivity index (χ2v) is 9.28. The van der Waals surface area contributed by atoms with Gasteiger partial charge in [-0.3, -0.25) is 5.21 Å². The van der Waals surface area contributed by atoms with E-state index in [0.29, 0.717) is 30.0 Å². The first-order valence-electron chi connectivity index (χ1n) is 9.39. The molecule has 0 spiro atoms. The summed E-state index contributed by atoms with van der Waals surface area (Å²) >= 11 is 3.44. The normalized spacial score (nSPS) is 17.6. The van der Waals surface area contributed by atoms with Crippen LogP contribution in [0.4, 0.5) is 4.79 Å². The fourth-order valence-electron chi connectivity index (χ4n) is 3.69. The Hall–Kier alpha value is -2.35. The number of aromatic amines is 1. The van der Waals surface area contributed by atoms with Gasteiger partial charge in [-0.15, -0.1) is 0 Å². The monoisotopic (exact) mass is 447 g/mol. The minimum atomic E-state index is -0.483. The van der Waals surface area contributed by atoms with Crippen molar-refractivity contribution in [3.05, 3.63) is 34.7 Å². The summed E-state index contributed by atoms with van der Waals surface area (Å²) in [7, 11) is 0. The van der Waals surface area contributed by atoms with Gasteiger partial charge >= 0.3 is 6.09 Å². The molecule has 0 bridgehead atoms. The molecule has 0 radical (unpaired) electrons. The molecule has 1 aromatic carbocycles. The zero-order valence-electron chi connectivity index (χ0n) is 16.2. The van der Waals surface area contributed by atoms with E-state index in [9.17, 15) is 10.0 Å². The number of pyridine rings is 1. The van der Waals surface area contributed by atoms with Gasteiger partial charge in [0.2, 0.25) is 0 Å². The number of nitrogens with one attached hydrogen (secondary N) is 1. The molecular formula is C20H24BrN4O3+. The number of hydrogen-bond acceptors (Lipinski definition) is 4. The highest BCUT2D eigenvalue weighted by atomic mass is 79.9. The second kappa shape index (κ2) is 6.92. The lowest BCUT2D eigenvalue weighted by molar-refractivity contribution is -0.883. The van der Waals surface area contributed by atoms with E-state index in [1.54, 1.807) is 11.1 Å². The Morgan fingerprint density at radius 1 is 1.46 bits per heavy atom. The van der Waals surface area contributed by atoms with Gasteiger partial charge in [-0.2, -0.15) is 0 Å². The quantitative estimate of drug-likeness (QED) is 0.462. The number of benzene rings is 1. The van der Waals surface area contributed by atoms with Crippen molar-refractivity contribution in [1.82, 2.24) is 14.9 Å². The van der Waals surface area contributed by atoms with E-state index < -0.39 is 5.60 Å². The number of H-pyrrole nitrogens is 1. The highest BCUT2D eigenvalue weighted by molar-refractivity contribution is 9.10. The lowest BCUT2D eigenvalue weighted by Crippen LogP contribution is -2.35. The topological polar surface area (TPSA) is 82.3 Å². The van der Waals surface area contributed by atoms with E-state index in [-0.39, 0.29) is 6.09 Å². The highest BCUT2D eigenvalue weighted by Gasteiger charge is 2.30. The Morgan fingerprint density at radius 2 is 2.25 bits per heavy atom. The molecule has 28 heavy (non-hydrogen) atoms. The van der Waals surface area contributed by atoms with Crippen LogP contribution in [0.2, 0.25) is 0 Å². The van der Waals surface area contributed by atoms with Crippen molar-refractivity contribution in [3.63, 3.8) is 0 Å². The molecular weight excluding hydrogens is 424 g/mol. The Kier molecular flexibility index (Phi) is 4.69. The van der Waals surface area contributed by atoms with E-state index in [0.717, 1.165) is 38.8 Å². The number of carbonyl (C=O) groups excluding carboxylic acids is 1. The van der Waals surface area contributed by atoms with Crippen LogP contribution in [-0.4, -0.2) is 44.9 Å². The molecule has 1 saturated heterocycles. The van der Waals surface area contributed by atoms with Crippen molar-refractivity contribution in [1.29, 1.82) is 0 Å². The minimum absolute atomic E-state index is 0.252. The molecule has 3 heterocycles. The maximum Gasteiger partial charge on any atom is 0.410 e. The molecule has 1 fully saturated rings. The molecule has 148 valence electrons. The first-order chi connectivity index (χ1) is 13.2. The number of imidazole rings is 1. The molecule has 2 N–H and O–H groups in total. The summed E-state index contributed by atoms with van der Waals surface area (Å²) in [6, 6.07) is 5.76. The average molecular weight is 448 g/mol. The van der Waals surface area contributed by atoms with Gasteiger partial charge in [-0.05, 0) is 45.2 Å². The molecule has 1 aliphatic rings. The van der Waals surface area contributed by atoms with Crippen LogP contribution in [0.5, 0.6) is 0 Å². The zero-order chi connectivity index (χ0) is 20.1. The zero-order valence-corrected chi connectivity index (χ0v) is 17.8. The summed E-state index contributed by atoms with van der Waals surface area (Å²) in [6.45, 7) is 7.00. The number of hydrogen-bond donors (Lipinski definition) is 2. The Labute approximate surface area is 171 Å². The van der Waals surface area contributed by atoms with Gasteiger partial charge in [-0.1, -0.05) is 15.9 Å². The van der Waals surface area contributed by atoms with Crippen LogP contribution in [0.25, 0.3) is 21.9 Å². The third kappa shape index (κ3) is 3.78. The van der Waals surface area contributed by atoms with E-state index in [2.05, 4.69) is 25.9 Å². The van der Waals surface area contributed by atoms with Crippen LogP contribution in [0.1, 0.15) is 33.0 Å². The summed E-state index contributed by atoms with van der Waals surface area (Å²) in [5, 5.41) is 11.2. The molecule has 0 saturated carbocycles. The predicted molar refractivity (Wildman–Crippen MR) is 108 cm³/mol. The van der Waals surface area contributed by atoms with Crippen molar-refractivity contribution in [3.8, 4) is 0 Å². The maximum atomic E-state index is 12.3. The molecule has 3 aromatic rings. The van der Waals surface area contributed by atoms with E-state index in [1.807, 2.05) is 39.0 Å². The fraction of sp³-hybridized carbons (Fsp3) is 0.450. The van der Waals surface area contributed by atoms with Crippen LogP contribution in [-0.2, 0) is 11.2 Å². The lowest BCUT2D eigenvalue weighted by atomic mass is 10.1. The van der Waals surface area contributed by atoms with E-state index in [1.165, 1.54) is 0 Å². The molecule has 2 aromatic heterocycles. The number of rotatable bonds is 2. The molecule has 1 unspecified atom stereocenters. The fourth-order valence-corrected chi connectivity index (χ4v) is 4.04. The van der Waals surface area contributed by atoms with Gasteiger partial charge in [0.1, 0.15) is 11.4 Å². The van der Waals surface area contributed by atoms with Crippen LogP contribution < -0.4 is 4.73 Å². The number of likely N-dealkylation sites (tertiary alicyclic amines) is 1. The first kappa shape index (κ1) is 19.0. The molecule has 0 aliphatic carbocycles. The number of nitrogens with zero attached hydrogens (tertiary/aromatic N) is 3. The van der Waals surface area contributed by atoms with Crippen LogP contribution >= 0.6 is 15.9 Å². The molecule has 1 amide bonds. The summed E-state index contributed by atoms with van der Waals surface area (Å²) in [4.78, 5) is 22.1. The highest BCUT2D eigenvalue weighted by Crippen LogP contribution is 2.26. The van der Waals surface area contributed by atoms with Crippen molar-refractivity contribution < 1.29 is 19.5 Å². The van der Waals surface area contributed by atoms with Gasteiger partial charge in [0.05, 0.1) is 10.9 Å². The summed E-state index contributed by atoms with van der Waals surface area (Å²) in [5.74, 6) is 1.19. The summed E-state index contributed by atoms with van der Waals surface area (Å²) in [5.41, 5.74) is 1.84. The minimum Gasteiger partial charge on any atom is -0.444 e. The van der Waals surface area contributed by atoms with Gasteiger partial charge in [0.25, 0.3) is 11.7 Å². The first-order valence-corrected chi connectivity index (χ1v) is 10.2. The molecule has 1 atom stereocenters. The second-order valence-electron chi connectivity index (χ2n) is 8.36. The van der Waals surface area contributed by atoms with Crippen molar-refractivity contribution >= 4 is 44.0 Å². The molecule has 8 heteroatoms. The number of carbonyl (C=O) groups is 1. The smallest absolute Gasteiger partial charge is 0.410 e. The maximum absolute atomic E-state index is 12.3. The number of ether oxygens (including phenoxy) is 1. The van der Waals surface area contributed by atoms with Gasteiger partial charge in [0.15, 0.2) is 5.52 Å². The molecule has 7 nitrogen and oxygen atoms in total. The third-order valence-corrected chi connectivity index (χ3v) is 5.41. The van der Waals surface area contributed by atoms with Crippen molar-refractivity contribution in [2.24, 2.45) is 5.92 Å². The Morgan fingerprint density at radius 3 is 3.00 bits per heavy atom. The Balaban J connectivity index is 1.53. The average Bonchev–Trinajstić information content (AvgIpc) is 3.21. The van der Waals surface area contributed by atoms with Crippen LogP contribution in [0.3, 0.4) is 0 Å². The predicted octanol–water partition coefficient (Wildman–Crippen LogP) is 3.80. The SMILES string of the molecule is CC(C)(C)OC(=O)N1CCC(Cc2nc3c[n+](O)c4cc(Br)ccc4c3[nH]2)C1. The third-order valence-electron chi connectivity index (χ3n) is 4.92. The van der Waals surface area contributed by atoms with Crippen LogP contribution in [0.15, 0.2) is 28.9 Å². The summed E-state index contributed by atoms with van der Waals surface area (Å²) < 4.78 is 7.47. The van der Waals surface area contributed by atoms with E-state index >= 15 is 0 Å². The Bertz CT molecular complexity index is 1060. The lowest BCUT2D eigenvalue weighted by Gasteiger charge is -2.24. The van der Waals surface area contributed by atoms with Crippen molar-refractivity contribution in [2.45, 2.75) is 39.2 Å². The number of halogens is 1. The number of fused-ring (bicyclic) bond motifs is 3. The summed E-state index contributed by atoms with van der Waals surface area (Å²) in [6.07, 6.45) is 3.03. The van der Waals surface area contributed by atoms with E-state index in [4.69, 9.17) is 4.74 Å². The number of aromatic nitrogens is 3. The van der Waals surface area contributed by atoms with Gasteiger partial charge in [-0.25, -0.2) is 9.78 Å². The molecule has 1 aliphatic heterocycles. The number of amides is 1. The molecule has 4 rings (SSSR count).